The SMILES string of the molecule is Cc1cc(-n2nc3ccc(C4c5ccccc5-c5ccccc54)cc3n2)c(O)c(C(C)(C)C)c1. The van der Waals surface area contributed by atoms with E-state index in [0.29, 0.717) is 5.69 Å². The number of phenolic OH excluding ortho intramolecular Hbond substituents is 1. The quantitative estimate of drug-likeness (QED) is 0.316. The zero-order valence-electron chi connectivity index (χ0n) is 19.9. The predicted molar refractivity (Wildman–Crippen MR) is 137 cm³/mol. The summed E-state index contributed by atoms with van der Waals surface area (Å²) in [5.41, 5.74) is 10.4. The number of benzene rings is 4. The summed E-state index contributed by atoms with van der Waals surface area (Å²) in [6.07, 6.45) is 0. The summed E-state index contributed by atoms with van der Waals surface area (Å²) in [7, 11) is 0. The minimum atomic E-state index is -0.187. The van der Waals surface area contributed by atoms with Crippen LogP contribution in [0.15, 0.2) is 78.9 Å². The molecular formula is C30H27N3O. The highest BCUT2D eigenvalue weighted by atomic mass is 16.3. The number of hydrogen-bond acceptors (Lipinski definition) is 3. The Labute approximate surface area is 199 Å². The maximum atomic E-state index is 11.1. The van der Waals surface area contributed by atoms with Gasteiger partial charge in [0.05, 0.1) is 0 Å². The molecule has 0 radical (unpaired) electrons. The Morgan fingerprint density at radius 3 is 2.03 bits per heavy atom. The molecule has 1 aliphatic rings. The number of hydrogen-bond donors (Lipinski definition) is 1. The highest BCUT2D eigenvalue weighted by Gasteiger charge is 2.29. The van der Waals surface area contributed by atoms with Crippen molar-refractivity contribution in [1.82, 2.24) is 15.0 Å². The lowest BCUT2D eigenvalue weighted by Gasteiger charge is -2.22. The van der Waals surface area contributed by atoms with E-state index in [1.165, 1.54) is 27.8 Å². The molecule has 1 heterocycles. The Morgan fingerprint density at radius 2 is 1.38 bits per heavy atom. The fourth-order valence-corrected chi connectivity index (χ4v) is 5.22. The molecule has 0 amide bonds. The number of phenols is 1. The van der Waals surface area contributed by atoms with Crippen LogP contribution in [0.4, 0.5) is 0 Å². The molecule has 1 N–H and O–H groups in total. The van der Waals surface area contributed by atoms with Crippen molar-refractivity contribution in [3.05, 3.63) is 107 Å². The van der Waals surface area contributed by atoms with E-state index >= 15 is 0 Å². The molecule has 34 heavy (non-hydrogen) atoms. The van der Waals surface area contributed by atoms with Gasteiger partial charge in [-0.15, -0.1) is 15.0 Å². The Morgan fingerprint density at radius 1 is 0.765 bits per heavy atom. The molecule has 0 saturated carbocycles. The van der Waals surface area contributed by atoms with E-state index < -0.39 is 0 Å². The molecule has 6 rings (SSSR count). The lowest BCUT2D eigenvalue weighted by molar-refractivity contribution is 0.440. The number of rotatable bonds is 2. The molecule has 4 nitrogen and oxygen atoms in total. The molecule has 0 fully saturated rings. The van der Waals surface area contributed by atoms with E-state index in [0.717, 1.165) is 22.2 Å². The molecule has 0 spiro atoms. The molecule has 168 valence electrons. The molecule has 4 heteroatoms. The molecule has 0 atom stereocenters. The van der Waals surface area contributed by atoms with Gasteiger partial charge in [-0.05, 0) is 63.9 Å². The maximum Gasteiger partial charge on any atom is 0.146 e. The van der Waals surface area contributed by atoms with Gasteiger partial charge in [-0.3, -0.25) is 0 Å². The highest BCUT2D eigenvalue weighted by molar-refractivity contribution is 5.82. The molecule has 4 aromatic carbocycles. The van der Waals surface area contributed by atoms with Crippen LogP contribution in [0.5, 0.6) is 5.75 Å². The molecule has 0 aliphatic heterocycles. The molecular weight excluding hydrogens is 418 g/mol. The van der Waals surface area contributed by atoms with Gasteiger partial charge in [-0.2, -0.15) is 0 Å². The first-order valence-corrected chi connectivity index (χ1v) is 11.7. The van der Waals surface area contributed by atoms with Crippen LogP contribution in [0, 0.1) is 6.92 Å². The van der Waals surface area contributed by atoms with Crippen LogP contribution < -0.4 is 0 Å². The van der Waals surface area contributed by atoms with Gasteiger partial charge in [-0.1, -0.05) is 81.4 Å². The number of fused-ring (bicyclic) bond motifs is 4. The Hall–Kier alpha value is -3.92. The van der Waals surface area contributed by atoms with Gasteiger partial charge in [0.2, 0.25) is 0 Å². The summed E-state index contributed by atoms with van der Waals surface area (Å²) in [4.78, 5) is 1.57. The summed E-state index contributed by atoms with van der Waals surface area (Å²) in [5, 5.41) is 20.6. The number of nitrogens with zero attached hydrogens (tertiary/aromatic N) is 3. The van der Waals surface area contributed by atoms with Gasteiger partial charge >= 0.3 is 0 Å². The first-order valence-electron chi connectivity index (χ1n) is 11.7. The van der Waals surface area contributed by atoms with Crippen molar-refractivity contribution < 1.29 is 5.11 Å². The lowest BCUT2D eigenvalue weighted by atomic mass is 9.85. The number of aryl methyl sites for hydroxylation is 1. The zero-order chi connectivity index (χ0) is 23.6. The van der Waals surface area contributed by atoms with Crippen molar-refractivity contribution in [2.24, 2.45) is 0 Å². The first kappa shape index (κ1) is 20.7. The fourth-order valence-electron chi connectivity index (χ4n) is 5.22. The molecule has 0 saturated heterocycles. The van der Waals surface area contributed by atoms with Crippen LogP contribution in [0.1, 0.15) is 54.5 Å². The zero-order valence-corrected chi connectivity index (χ0v) is 19.9. The van der Waals surface area contributed by atoms with Gasteiger partial charge in [-0.25, -0.2) is 0 Å². The van der Waals surface area contributed by atoms with E-state index in [1.807, 2.05) is 25.1 Å². The second kappa shape index (κ2) is 7.29. The number of aromatic nitrogens is 3. The highest BCUT2D eigenvalue weighted by Crippen LogP contribution is 2.48. The van der Waals surface area contributed by atoms with Crippen molar-refractivity contribution in [2.75, 3.05) is 0 Å². The van der Waals surface area contributed by atoms with E-state index in [2.05, 4.69) is 81.4 Å². The average molecular weight is 446 g/mol. The summed E-state index contributed by atoms with van der Waals surface area (Å²) < 4.78 is 0. The van der Waals surface area contributed by atoms with E-state index in [-0.39, 0.29) is 17.1 Å². The summed E-state index contributed by atoms with van der Waals surface area (Å²) in [6.45, 7) is 8.33. The third-order valence-electron chi connectivity index (χ3n) is 6.83. The van der Waals surface area contributed by atoms with Crippen LogP contribution >= 0.6 is 0 Å². The third kappa shape index (κ3) is 3.13. The van der Waals surface area contributed by atoms with Gasteiger partial charge in [0.1, 0.15) is 22.5 Å². The first-order chi connectivity index (χ1) is 16.3. The maximum absolute atomic E-state index is 11.1. The summed E-state index contributed by atoms with van der Waals surface area (Å²) in [5.74, 6) is 0.402. The predicted octanol–water partition coefficient (Wildman–Crippen LogP) is 6.89. The summed E-state index contributed by atoms with van der Waals surface area (Å²) >= 11 is 0. The van der Waals surface area contributed by atoms with E-state index in [9.17, 15) is 5.11 Å². The normalized spacial score (nSPS) is 13.3. The third-order valence-corrected chi connectivity index (χ3v) is 6.83. The molecule has 0 bridgehead atoms. The number of aromatic hydroxyl groups is 1. The van der Waals surface area contributed by atoms with Crippen molar-refractivity contribution in [3.8, 4) is 22.6 Å². The van der Waals surface area contributed by atoms with Crippen LogP contribution in [-0.2, 0) is 5.41 Å². The molecule has 1 aromatic heterocycles. The minimum Gasteiger partial charge on any atom is -0.505 e. The molecule has 0 unspecified atom stereocenters. The molecule has 1 aliphatic carbocycles. The van der Waals surface area contributed by atoms with Crippen LogP contribution in [0.25, 0.3) is 27.8 Å². The lowest BCUT2D eigenvalue weighted by Crippen LogP contribution is -2.13. The standard InChI is InChI=1S/C30H27N3O/c1-18-15-24(30(2,3)4)29(34)27(16-18)33-31-25-14-13-19(17-26(25)32-33)28-22-11-7-5-9-20(22)21-10-6-8-12-23(21)28/h5-17,28,34H,1-4H3. The second-order valence-corrected chi connectivity index (χ2v) is 10.3. The average Bonchev–Trinajstić information content (AvgIpc) is 3.38. The van der Waals surface area contributed by atoms with Gasteiger partial charge in [0, 0.05) is 11.5 Å². The van der Waals surface area contributed by atoms with E-state index in [4.69, 9.17) is 10.2 Å². The topological polar surface area (TPSA) is 50.9 Å². The Kier molecular flexibility index (Phi) is 4.43. The largest absolute Gasteiger partial charge is 0.505 e. The van der Waals surface area contributed by atoms with Crippen molar-refractivity contribution >= 4 is 11.0 Å². The van der Waals surface area contributed by atoms with Gasteiger partial charge in [0.25, 0.3) is 0 Å². The van der Waals surface area contributed by atoms with Crippen molar-refractivity contribution in [1.29, 1.82) is 0 Å². The van der Waals surface area contributed by atoms with Gasteiger partial charge < -0.3 is 5.11 Å². The Balaban J connectivity index is 1.49. The van der Waals surface area contributed by atoms with Gasteiger partial charge in [0.15, 0.2) is 0 Å². The minimum absolute atomic E-state index is 0.168. The summed E-state index contributed by atoms with van der Waals surface area (Å²) in [6, 6.07) is 27.6. The van der Waals surface area contributed by atoms with Crippen LogP contribution in [-0.4, -0.2) is 20.1 Å². The fraction of sp³-hybridized carbons (Fsp3) is 0.200. The van der Waals surface area contributed by atoms with Crippen molar-refractivity contribution in [2.45, 2.75) is 39.0 Å². The van der Waals surface area contributed by atoms with Crippen molar-refractivity contribution in [3.63, 3.8) is 0 Å². The monoisotopic (exact) mass is 445 g/mol. The second-order valence-electron chi connectivity index (χ2n) is 10.3. The molecule has 5 aromatic rings. The van der Waals surface area contributed by atoms with Crippen LogP contribution in [0.2, 0.25) is 0 Å². The van der Waals surface area contributed by atoms with E-state index in [1.54, 1.807) is 4.80 Å². The van der Waals surface area contributed by atoms with Crippen LogP contribution in [0.3, 0.4) is 0 Å². The smallest absolute Gasteiger partial charge is 0.146 e. The Bertz CT molecular complexity index is 1530.